The minimum absolute atomic E-state index is 0.0485. The Labute approximate surface area is 213 Å². The lowest BCUT2D eigenvalue weighted by Gasteiger charge is -2.17. The lowest BCUT2D eigenvalue weighted by molar-refractivity contribution is 0.0688. The van der Waals surface area contributed by atoms with Gasteiger partial charge in [0.05, 0.1) is 29.9 Å². The fraction of sp³-hybridized carbons (Fsp3) is 0.269. The maximum Gasteiger partial charge on any atom is 0.277 e. The van der Waals surface area contributed by atoms with Crippen LogP contribution in [0.3, 0.4) is 0 Å². The summed E-state index contributed by atoms with van der Waals surface area (Å²) in [5, 5.41) is 10.2. The van der Waals surface area contributed by atoms with E-state index >= 15 is 0 Å². The topological polar surface area (TPSA) is 112 Å². The normalized spacial score (nSPS) is 11.4. The highest BCUT2D eigenvalue weighted by Crippen LogP contribution is 2.27. The van der Waals surface area contributed by atoms with Crippen LogP contribution in [0.5, 0.6) is 11.6 Å². The third-order valence-electron chi connectivity index (χ3n) is 5.45. The largest absolute Gasteiger partial charge is 0.485 e. The molecule has 9 nitrogen and oxygen atoms in total. The molecule has 1 N–H and O–H groups in total. The first kappa shape index (κ1) is 25.3. The van der Waals surface area contributed by atoms with E-state index in [1.54, 1.807) is 69.6 Å². The van der Waals surface area contributed by atoms with Crippen LogP contribution in [0.4, 0.5) is 0 Å². The predicted octanol–water partition coefficient (Wildman–Crippen LogP) is 4.17. The van der Waals surface area contributed by atoms with Crippen LogP contribution in [0, 0.1) is 13.8 Å². The third-order valence-corrected chi connectivity index (χ3v) is 5.79. The quantitative estimate of drug-likeness (QED) is 0.396. The van der Waals surface area contributed by atoms with Crippen LogP contribution < -0.4 is 15.0 Å². The highest BCUT2D eigenvalue weighted by atomic mass is 35.5. The number of aromatic nitrogens is 5. The molecule has 10 heteroatoms. The average molecular weight is 508 g/mol. The summed E-state index contributed by atoms with van der Waals surface area (Å²) in [4.78, 5) is 30.7. The zero-order valence-corrected chi connectivity index (χ0v) is 21.4. The smallest absolute Gasteiger partial charge is 0.277 e. The van der Waals surface area contributed by atoms with Gasteiger partial charge in [-0.3, -0.25) is 14.3 Å². The summed E-state index contributed by atoms with van der Waals surface area (Å²) in [5.74, 6) is 1.00. The summed E-state index contributed by atoms with van der Waals surface area (Å²) in [6.07, 6.45) is 3.23. The van der Waals surface area contributed by atoms with Gasteiger partial charge in [-0.05, 0) is 51.5 Å². The highest BCUT2D eigenvalue weighted by Gasteiger charge is 2.21. The maximum atomic E-state index is 13.3. The van der Waals surface area contributed by atoms with E-state index in [0.717, 1.165) is 5.56 Å². The Balaban J connectivity index is 1.71. The molecular formula is C26H26ClN5O4. The van der Waals surface area contributed by atoms with Gasteiger partial charge in [0.2, 0.25) is 5.88 Å². The molecule has 4 aromatic heterocycles. The molecule has 0 bridgehead atoms. The van der Waals surface area contributed by atoms with Crippen molar-refractivity contribution in [1.82, 2.24) is 24.5 Å². The molecule has 186 valence electrons. The Bertz CT molecular complexity index is 1480. The third kappa shape index (κ3) is 5.22. The van der Waals surface area contributed by atoms with E-state index in [-0.39, 0.29) is 23.2 Å². The minimum atomic E-state index is -1.21. The van der Waals surface area contributed by atoms with Gasteiger partial charge in [-0.25, -0.2) is 15.0 Å². The van der Waals surface area contributed by atoms with Crippen molar-refractivity contribution in [2.24, 2.45) is 0 Å². The molecule has 0 aliphatic carbocycles. The molecule has 0 saturated carbocycles. The molecule has 0 aliphatic rings. The molecule has 0 radical (unpaired) electrons. The molecule has 0 aromatic carbocycles. The fourth-order valence-electron chi connectivity index (χ4n) is 3.58. The number of methoxy groups -OCH3 is 1. The number of halogens is 1. The molecule has 0 aliphatic heterocycles. The molecule has 4 rings (SSSR count). The van der Waals surface area contributed by atoms with Crippen LogP contribution >= 0.6 is 11.6 Å². The average Bonchev–Trinajstić information content (AvgIpc) is 2.86. The van der Waals surface area contributed by atoms with E-state index in [1.165, 1.54) is 11.7 Å². The van der Waals surface area contributed by atoms with Gasteiger partial charge in [0.15, 0.2) is 5.82 Å². The summed E-state index contributed by atoms with van der Waals surface area (Å²) < 4.78 is 12.5. The summed E-state index contributed by atoms with van der Waals surface area (Å²) in [5.41, 5.74) is 2.04. The van der Waals surface area contributed by atoms with Crippen molar-refractivity contribution in [3.05, 3.63) is 86.9 Å². The second-order valence-corrected chi connectivity index (χ2v) is 9.12. The van der Waals surface area contributed by atoms with E-state index in [2.05, 4.69) is 19.9 Å². The Morgan fingerprint density at radius 3 is 2.58 bits per heavy atom. The van der Waals surface area contributed by atoms with Gasteiger partial charge in [-0.1, -0.05) is 17.7 Å². The van der Waals surface area contributed by atoms with Gasteiger partial charge in [0.1, 0.15) is 23.0 Å². The van der Waals surface area contributed by atoms with Gasteiger partial charge in [0, 0.05) is 30.2 Å². The van der Waals surface area contributed by atoms with Gasteiger partial charge >= 0.3 is 0 Å². The number of aliphatic hydroxyl groups is 1. The van der Waals surface area contributed by atoms with Crippen LogP contribution in [-0.2, 0) is 12.2 Å². The zero-order valence-electron chi connectivity index (χ0n) is 20.6. The fourth-order valence-corrected chi connectivity index (χ4v) is 3.77. The van der Waals surface area contributed by atoms with Crippen molar-refractivity contribution in [2.75, 3.05) is 7.11 Å². The number of ether oxygens (including phenoxy) is 2. The van der Waals surface area contributed by atoms with E-state index in [0.29, 0.717) is 34.3 Å². The molecule has 0 atom stereocenters. The molecule has 0 unspecified atom stereocenters. The van der Waals surface area contributed by atoms with Crippen LogP contribution in [0.2, 0.25) is 5.02 Å². The monoisotopic (exact) mass is 507 g/mol. The second kappa shape index (κ2) is 10.0. The lowest BCUT2D eigenvalue weighted by atomic mass is 10.1. The number of aryl methyl sites for hydroxylation is 2. The van der Waals surface area contributed by atoms with Crippen molar-refractivity contribution in [3.63, 3.8) is 0 Å². The van der Waals surface area contributed by atoms with E-state index < -0.39 is 11.2 Å². The number of nitrogens with zero attached hydrogens (tertiary/aromatic N) is 5. The summed E-state index contributed by atoms with van der Waals surface area (Å²) in [6.45, 7) is 6.99. The number of hydrogen-bond donors (Lipinski definition) is 1. The molecule has 0 fully saturated rings. The first-order chi connectivity index (χ1) is 17.1. The molecular weight excluding hydrogens is 482 g/mol. The Morgan fingerprint density at radius 2 is 1.86 bits per heavy atom. The summed E-state index contributed by atoms with van der Waals surface area (Å²) in [6, 6.07) is 10.5. The Hall–Kier alpha value is -3.82. The Morgan fingerprint density at radius 1 is 1.08 bits per heavy atom. The van der Waals surface area contributed by atoms with E-state index in [4.69, 9.17) is 21.1 Å². The van der Waals surface area contributed by atoms with Crippen molar-refractivity contribution in [1.29, 1.82) is 0 Å². The Kier molecular flexibility index (Phi) is 7.05. The molecule has 36 heavy (non-hydrogen) atoms. The standard InChI is InChI=1S/C26H26ClN5O4/c1-15-13-29-19(18-9-10-28-25(31-18)26(3,4)34)12-20(15)32-16(2)11-21(23(27)24(32)33)36-14-17-7-6-8-22(30-17)35-5/h6-13,34H,14H2,1-5H3. The van der Waals surface area contributed by atoms with E-state index in [1.807, 2.05) is 6.92 Å². The van der Waals surface area contributed by atoms with Gasteiger partial charge in [-0.2, -0.15) is 0 Å². The van der Waals surface area contributed by atoms with E-state index in [9.17, 15) is 9.90 Å². The van der Waals surface area contributed by atoms with Crippen molar-refractivity contribution in [2.45, 2.75) is 39.9 Å². The predicted molar refractivity (Wildman–Crippen MR) is 136 cm³/mol. The molecule has 0 spiro atoms. The number of pyridine rings is 3. The number of rotatable bonds is 7. The number of hydrogen-bond acceptors (Lipinski definition) is 8. The molecule has 4 aromatic rings. The van der Waals surface area contributed by atoms with Gasteiger partial charge < -0.3 is 14.6 Å². The highest BCUT2D eigenvalue weighted by molar-refractivity contribution is 6.31. The first-order valence-electron chi connectivity index (χ1n) is 11.2. The van der Waals surface area contributed by atoms with Crippen molar-refractivity contribution >= 4 is 11.6 Å². The van der Waals surface area contributed by atoms with Crippen LogP contribution in [0.1, 0.15) is 36.6 Å². The first-order valence-corrected chi connectivity index (χ1v) is 11.5. The van der Waals surface area contributed by atoms with Gasteiger partial charge in [-0.15, -0.1) is 0 Å². The zero-order chi connectivity index (χ0) is 26.0. The molecule has 0 saturated heterocycles. The van der Waals surface area contributed by atoms with Crippen LogP contribution in [-0.4, -0.2) is 36.7 Å². The van der Waals surface area contributed by atoms with Crippen LogP contribution in [0.25, 0.3) is 17.1 Å². The van der Waals surface area contributed by atoms with Crippen molar-refractivity contribution in [3.8, 4) is 28.7 Å². The maximum absolute atomic E-state index is 13.3. The van der Waals surface area contributed by atoms with Crippen molar-refractivity contribution < 1.29 is 14.6 Å². The molecule has 4 heterocycles. The van der Waals surface area contributed by atoms with Crippen LogP contribution in [0.15, 0.2) is 53.6 Å². The SMILES string of the molecule is COc1cccc(COc2cc(C)n(-c3cc(-c4ccnc(C(C)(C)O)n4)ncc3C)c(=O)c2Cl)n1. The summed E-state index contributed by atoms with van der Waals surface area (Å²) >= 11 is 6.46. The lowest BCUT2D eigenvalue weighted by Crippen LogP contribution is -2.23. The molecule has 0 amide bonds. The second-order valence-electron chi connectivity index (χ2n) is 8.75. The minimum Gasteiger partial charge on any atom is -0.485 e. The summed E-state index contributed by atoms with van der Waals surface area (Å²) in [7, 11) is 1.54. The van der Waals surface area contributed by atoms with Gasteiger partial charge in [0.25, 0.3) is 5.56 Å².